The zero-order valence-corrected chi connectivity index (χ0v) is 12.6. The fourth-order valence-electron chi connectivity index (χ4n) is 3.03. The molecule has 2 aliphatic rings. The molecule has 9 heteroatoms. The molecule has 1 aromatic heterocycles. The van der Waals surface area contributed by atoms with Crippen molar-refractivity contribution in [1.29, 1.82) is 0 Å². The number of carbonyl (C=O) groups is 3. The molecule has 0 aliphatic carbocycles. The molecule has 0 saturated carbocycles. The summed E-state index contributed by atoms with van der Waals surface area (Å²) in [5.41, 5.74) is 0.984. The monoisotopic (exact) mass is 330 g/mol. The number of hydrogen-bond donors (Lipinski definition) is 1. The number of aromatic nitrogens is 1. The SMILES string of the molecule is O=C(Cn1c(=O)oc2ccccc21)N1CC(N2C(=O)CNC2=O)C1. The Kier molecular flexibility index (Phi) is 3.15. The standard InChI is InChI=1S/C15H14N4O5/c20-12-5-16-14(22)19(12)9-6-17(7-9)13(21)8-18-10-3-1-2-4-11(10)24-15(18)23/h1-4,9H,5-8H2,(H,16,22). The lowest BCUT2D eigenvalue weighted by atomic mass is 10.1. The summed E-state index contributed by atoms with van der Waals surface area (Å²) >= 11 is 0. The van der Waals surface area contributed by atoms with E-state index < -0.39 is 11.8 Å². The number of benzene rings is 1. The van der Waals surface area contributed by atoms with Crippen molar-refractivity contribution in [3.05, 3.63) is 34.8 Å². The highest BCUT2D eigenvalue weighted by atomic mass is 16.4. The van der Waals surface area contributed by atoms with Crippen LogP contribution in [0.4, 0.5) is 4.79 Å². The number of rotatable bonds is 3. The lowest BCUT2D eigenvalue weighted by Crippen LogP contribution is -2.63. The van der Waals surface area contributed by atoms with Gasteiger partial charge in [-0.15, -0.1) is 0 Å². The molecule has 4 rings (SSSR count). The van der Waals surface area contributed by atoms with Crippen LogP contribution in [-0.4, -0.2) is 57.9 Å². The first kappa shape index (κ1) is 14.5. The summed E-state index contributed by atoms with van der Waals surface area (Å²) in [6, 6.07) is 6.15. The number of fused-ring (bicyclic) bond motifs is 1. The van der Waals surface area contributed by atoms with E-state index in [1.54, 1.807) is 24.3 Å². The van der Waals surface area contributed by atoms with Crippen LogP contribution in [0.2, 0.25) is 0 Å². The Morgan fingerprint density at radius 1 is 1.21 bits per heavy atom. The number of urea groups is 1. The number of imide groups is 1. The molecule has 2 fully saturated rings. The molecule has 2 saturated heterocycles. The molecule has 1 N–H and O–H groups in total. The number of para-hydroxylation sites is 2. The first-order chi connectivity index (χ1) is 11.5. The van der Waals surface area contributed by atoms with Gasteiger partial charge in [0.15, 0.2) is 5.58 Å². The highest BCUT2D eigenvalue weighted by Crippen LogP contribution is 2.19. The van der Waals surface area contributed by atoms with E-state index in [9.17, 15) is 19.2 Å². The lowest BCUT2D eigenvalue weighted by molar-refractivity contribution is -0.142. The van der Waals surface area contributed by atoms with Crippen molar-refractivity contribution in [2.45, 2.75) is 12.6 Å². The van der Waals surface area contributed by atoms with E-state index in [4.69, 9.17) is 4.42 Å². The summed E-state index contributed by atoms with van der Waals surface area (Å²) in [6.45, 7) is 0.424. The Morgan fingerprint density at radius 3 is 2.67 bits per heavy atom. The predicted molar refractivity (Wildman–Crippen MR) is 81.1 cm³/mol. The second kappa shape index (κ2) is 5.22. The van der Waals surface area contributed by atoms with Gasteiger partial charge in [0.2, 0.25) is 11.8 Å². The summed E-state index contributed by atoms with van der Waals surface area (Å²) in [5.74, 6) is -1.13. The maximum atomic E-state index is 12.3. The van der Waals surface area contributed by atoms with Crippen molar-refractivity contribution in [3.8, 4) is 0 Å². The highest BCUT2D eigenvalue weighted by Gasteiger charge is 2.42. The van der Waals surface area contributed by atoms with Crippen molar-refractivity contribution >= 4 is 28.9 Å². The van der Waals surface area contributed by atoms with E-state index in [-0.39, 0.29) is 44.0 Å². The predicted octanol–water partition coefficient (Wildman–Crippen LogP) is -0.643. The molecule has 0 bridgehead atoms. The van der Waals surface area contributed by atoms with Crippen molar-refractivity contribution in [3.63, 3.8) is 0 Å². The molecule has 9 nitrogen and oxygen atoms in total. The molecule has 124 valence electrons. The molecule has 0 atom stereocenters. The summed E-state index contributed by atoms with van der Waals surface area (Å²) in [5, 5.41) is 2.45. The van der Waals surface area contributed by atoms with Gasteiger partial charge in [-0.25, -0.2) is 9.59 Å². The van der Waals surface area contributed by atoms with Gasteiger partial charge in [-0.3, -0.25) is 19.1 Å². The number of hydrogen-bond acceptors (Lipinski definition) is 5. The molecular formula is C15H14N4O5. The lowest BCUT2D eigenvalue weighted by Gasteiger charge is -2.42. The topological polar surface area (TPSA) is 105 Å². The van der Waals surface area contributed by atoms with E-state index in [1.165, 1.54) is 9.47 Å². The van der Waals surface area contributed by atoms with Crippen molar-refractivity contribution in [1.82, 2.24) is 19.7 Å². The second-order valence-corrected chi connectivity index (χ2v) is 5.80. The summed E-state index contributed by atoms with van der Waals surface area (Å²) < 4.78 is 6.37. The van der Waals surface area contributed by atoms with Crippen LogP contribution in [-0.2, 0) is 16.1 Å². The van der Waals surface area contributed by atoms with Crippen LogP contribution >= 0.6 is 0 Å². The fraction of sp³-hybridized carbons (Fsp3) is 0.333. The number of nitrogens with zero attached hydrogens (tertiary/aromatic N) is 3. The Bertz CT molecular complexity index is 892. The number of carbonyl (C=O) groups excluding carboxylic acids is 3. The number of oxazole rings is 1. The number of amides is 4. The van der Waals surface area contributed by atoms with Crippen LogP contribution in [0.25, 0.3) is 11.1 Å². The van der Waals surface area contributed by atoms with Crippen LogP contribution < -0.4 is 11.1 Å². The minimum Gasteiger partial charge on any atom is -0.408 e. The fourth-order valence-corrected chi connectivity index (χ4v) is 3.03. The largest absolute Gasteiger partial charge is 0.420 e. The summed E-state index contributed by atoms with van der Waals surface area (Å²) in [7, 11) is 0. The van der Waals surface area contributed by atoms with Gasteiger partial charge < -0.3 is 14.6 Å². The van der Waals surface area contributed by atoms with Crippen LogP contribution in [0, 0.1) is 0 Å². The number of likely N-dealkylation sites (tertiary alicyclic amines) is 1. The zero-order valence-electron chi connectivity index (χ0n) is 12.6. The first-order valence-electron chi connectivity index (χ1n) is 7.50. The second-order valence-electron chi connectivity index (χ2n) is 5.80. The normalized spacial score (nSPS) is 18.2. The maximum Gasteiger partial charge on any atom is 0.420 e. The highest BCUT2D eigenvalue weighted by molar-refractivity contribution is 6.02. The molecular weight excluding hydrogens is 316 g/mol. The van der Waals surface area contributed by atoms with Crippen molar-refractivity contribution in [2.75, 3.05) is 19.6 Å². The molecule has 24 heavy (non-hydrogen) atoms. The molecule has 1 aromatic carbocycles. The summed E-state index contributed by atoms with van der Waals surface area (Å²) in [6.07, 6.45) is 0. The van der Waals surface area contributed by atoms with Crippen molar-refractivity contribution in [2.24, 2.45) is 0 Å². The Morgan fingerprint density at radius 2 is 1.96 bits per heavy atom. The quantitative estimate of drug-likeness (QED) is 0.754. The Hall–Kier alpha value is -3.10. The van der Waals surface area contributed by atoms with Gasteiger partial charge in [-0.2, -0.15) is 0 Å². The first-order valence-corrected chi connectivity index (χ1v) is 7.50. The molecule has 0 spiro atoms. The molecule has 3 heterocycles. The van der Waals surface area contributed by atoms with E-state index in [0.29, 0.717) is 11.1 Å². The van der Waals surface area contributed by atoms with Gasteiger partial charge in [0, 0.05) is 13.1 Å². The van der Waals surface area contributed by atoms with E-state index >= 15 is 0 Å². The average molecular weight is 330 g/mol. The van der Waals surface area contributed by atoms with Gasteiger partial charge >= 0.3 is 11.8 Å². The molecule has 0 radical (unpaired) electrons. The maximum absolute atomic E-state index is 12.3. The van der Waals surface area contributed by atoms with Gasteiger partial charge in [0.25, 0.3) is 0 Å². The minimum absolute atomic E-state index is 0.000315. The van der Waals surface area contributed by atoms with Gasteiger partial charge in [0.1, 0.15) is 6.54 Å². The number of nitrogens with one attached hydrogen (secondary N) is 1. The Labute approximate surface area is 135 Å². The summed E-state index contributed by atoms with van der Waals surface area (Å²) in [4.78, 5) is 50.1. The third-order valence-electron chi connectivity index (χ3n) is 4.33. The van der Waals surface area contributed by atoms with Crippen LogP contribution in [0.1, 0.15) is 0 Å². The molecule has 2 aliphatic heterocycles. The Balaban J connectivity index is 1.45. The molecule has 0 unspecified atom stereocenters. The van der Waals surface area contributed by atoms with Gasteiger partial charge in [-0.1, -0.05) is 12.1 Å². The van der Waals surface area contributed by atoms with E-state index in [0.717, 1.165) is 4.90 Å². The molecule has 4 amide bonds. The van der Waals surface area contributed by atoms with Crippen molar-refractivity contribution < 1.29 is 18.8 Å². The van der Waals surface area contributed by atoms with Gasteiger partial charge in [0.05, 0.1) is 18.1 Å². The zero-order chi connectivity index (χ0) is 16.8. The van der Waals surface area contributed by atoms with Crippen LogP contribution in [0.15, 0.2) is 33.5 Å². The average Bonchev–Trinajstić information content (AvgIpc) is 3.00. The minimum atomic E-state index is -0.587. The van der Waals surface area contributed by atoms with Gasteiger partial charge in [-0.05, 0) is 12.1 Å². The molecule has 2 aromatic rings. The van der Waals surface area contributed by atoms with Crippen LogP contribution in [0.5, 0.6) is 0 Å². The smallest absolute Gasteiger partial charge is 0.408 e. The van der Waals surface area contributed by atoms with E-state index in [2.05, 4.69) is 5.32 Å². The third kappa shape index (κ3) is 2.16. The van der Waals surface area contributed by atoms with Crippen LogP contribution in [0.3, 0.4) is 0 Å². The third-order valence-corrected chi connectivity index (χ3v) is 4.33. The van der Waals surface area contributed by atoms with E-state index in [1.807, 2.05) is 0 Å².